The summed E-state index contributed by atoms with van der Waals surface area (Å²) in [6, 6.07) is 8.45. The molecule has 1 N–H and O–H groups in total. The first-order chi connectivity index (χ1) is 10.9. The van der Waals surface area contributed by atoms with Crippen LogP contribution in [0.5, 0.6) is 11.5 Å². The molecule has 0 saturated heterocycles. The Morgan fingerprint density at radius 1 is 1.13 bits per heavy atom. The topological polar surface area (TPSA) is 64.6 Å². The quantitative estimate of drug-likeness (QED) is 0.861. The fraction of sp³-hybridized carbons (Fsp3) is 0.200. The minimum atomic E-state index is -3.85. The van der Waals surface area contributed by atoms with Crippen LogP contribution >= 0.6 is 11.6 Å². The van der Waals surface area contributed by atoms with Gasteiger partial charge in [0.05, 0.1) is 19.2 Å². The lowest BCUT2D eigenvalue weighted by Crippen LogP contribution is -2.23. The zero-order valence-electron chi connectivity index (χ0n) is 12.5. The second kappa shape index (κ2) is 7.16. The maximum absolute atomic E-state index is 13.1. The first kappa shape index (κ1) is 17.5. The standard InChI is InChI=1S/C15H15ClFNO4S/c1-21-11-4-6-14(22-2)15(8-11)23(19,20)18-9-10-3-5-13(17)12(16)7-10/h3-8,18H,9H2,1-2H3. The predicted octanol–water partition coefficient (Wildman–Crippen LogP) is 2.97. The number of nitrogens with one attached hydrogen (secondary N) is 1. The number of benzene rings is 2. The van der Waals surface area contributed by atoms with E-state index in [0.29, 0.717) is 11.3 Å². The molecule has 2 aromatic rings. The average Bonchev–Trinajstić information content (AvgIpc) is 2.55. The van der Waals surface area contributed by atoms with E-state index in [1.54, 1.807) is 6.07 Å². The van der Waals surface area contributed by atoms with Crippen LogP contribution in [0.25, 0.3) is 0 Å². The van der Waals surface area contributed by atoms with Crippen LogP contribution in [0.1, 0.15) is 5.56 Å². The van der Waals surface area contributed by atoms with Crippen molar-refractivity contribution in [2.45, 2.75) is 11.4 Å². The van der Waals surface area contributed by atoms with Gasteiger partial charge in [-0.1, -0.05) is 17.7 Å². The number of methoxy groups -OCH3 is 2. The first-order valence-electron chi connectivity index (χ1n) is 6.53. The zero-order valence-corrected chi connectivity index (χ0v) is 14.0. The van der Waals surface area contributed by atoms with E-state index in [1.807, 2.05) is 0 Å². The van der Waals surface area contributed by atoms with E-state index in [2.05, 4.69) is 4.72 Å². The fourth-order valence-corrected chi connectivity index (χ4v) is 3.30. The van der Waals surface area contributed by atoms with E-state index in [4.69, 9.17) is 21.1 Å². The second-order valence-corrected chi connectivity index (χ2v) is 6.73. The van der Waals surface area contributed by atoms with Gasteiger partial charge >= 0.3 is 0 Å². The molecule has 0 fully saturated rings. The van der Waals surface area contributed by atoms with Gasteiger partial charge in [-0.05, 0) is 29.8 Å². The van der Waals surface area contributed by atoms with E-state index in [1.165, 1.54) is 44.6 Å². The molecule has 0 aliphatic rings. The van der Waals surface area contributed by atoms with Crippen molar-refractivity contribution in [2.24, 2.45) is 0 Å². The van der Waals surface area contributed by atoms with Crippen molar-refractivity contribution in [1.29, 1.82) is 0 Å². The van der Waals surface area contributed by atoms with Gasteiger partial charge in [0.1, 0.15) is 22.2 Å². The molecule has 0 unspecified atom stereocenters. The van der Waals surface area contributed by atoms with Gasteiger partial charge in [0.25, 0.3) is 0 Å². The number of hydrogen-bond donors (Lipinski definition) is 1. The summed E-state index contributed by atoms with van der Waals surface area (Å²) >= 11 is 5.68. The van der Waals surface area contributed by atoms with Crippen LogP contribution in [-0.2, 0) is 16.6 Å². The molecule has 23 heavy (non-hydrogen) atoms. The summed E-state index contributed by atoms with van der Waals surface area (Å²) in [5.41, 5.74) is 0.529. The third-order valence-electron chi connectivity index (χ3n) is 3.11. The van der Waals surface area contributed by atoms with Crippen LogP contribution in [0.15, 0.2) is 41.3 Å². The molecule has 2 aromatic carbocycles. The van der Waals surface area contributed by atoms with Gasteiger partial charge in [0, 0.05) is 12.6 Å². The largest absolute Gasteiger partial charge is 0.497 e. The van der Waals surface area contributed by atoms with Gasteiger partial charge in [-0.3, -0.25) is 0 Å². The van der Waals surface area contributed by atoms with Crippen molar-refractivity contribution >= 4 is 21.6 Å². The Balaban J connectivity index is 2.26. The van der Waals surface area contributed by atoms with Gasteiger partial charge < -0.3 is 9.47 Å². The van der Waals surface area contributed by atoms with Crippen LogP contribution in [0, 0.1) is 5.82 Å². The molecule has 0 atom stereocenters. The smallest absolute Gasteiger partial charge is 0.244 e. The molecule has 0 bridgehead atoms. The van der Waals surface area contributed by atoms with Crippen LogP contribution < -0.4 is 14.2 Å². The molecular formula is C15H15ClFNO4S. The Kier molecular flexibility index (Phi) is 5.46. The molecule has 0 aliphatic heterocycles. The Morgan fingerprint density at radius 2 is 1.87 bits per heavy atom. The van der Waals surface area contributed by atoms with Crippen molar-refractivity contribution in [3.8, 4) is 11.5 Å². The normalized spacial score (nSPS) is 11.3. The minimum Gasteiger partial charge on any atom is -0.497 e. The molecule has 0 heterocycles. The number of hydrogen-bond acceptors (Lipinski definition) is 4. The van der Waals surface area contributed by atoms with E-state index >= 15 is 0 Å². The Hall–Kier alpha value is -1.83. The maximum atomic E-state index is 13.1. The van der Waals surface area contributed by atoms with Crippen LogP contribution in [0.2, 0.25) is 5.02 Å². The number of rotatable bonds is 6. The highest BCUT2D eigenvalue weighted by Gasteiger charge is 2.20. The Morgan fingerprint density at radius 3 is 2.48 bits per heavy atom. The van der Waals surface area contributed by atoms with Crippen molar-refractivity contribution in [3.05, 3.63) is 52.8 Å². The SMILES string of the molecule is COc1ccc(OC)c(S(=O)(=O)NCc2ccc(F)c(Cl)c2)c1. The third-order valence-corrected chi connectivity index (χ3v) is 4.82. The third kappa shape index (κ3) is 4.13. The summed E-state index contributed by atoms with van der Waals surface area (Å²) in [6.07, 6.45) is 0. The van der Waals surface area contributed by atoms with Gasteiger partial charge in [-0.25, -0.2) is 17.5 Å². The summed E-state index contributed by atoms with van der Waals surface area (Å²) in [5.74, 6) is 0.0131. The van der Waals surface area contributed by atoms with Gasteiger partial charge in [-0.15, -0.1) is 0 Å². The second-order valence-electron chi connectivity index (χ2n) is 4.59. The van der Waals surface area contributed by atoms with E-state index in [9.17, 15) is 12.8 Å². The number of ether oxygens (including phenoxy) is 2. The van der Waals surface area contributed by atoms with Gasteiger partial charge in [0.2, 0.25) is 10.0 Å². The molecule has 8 heteroatoms. The average molecular weight is 360 g/mol. The molecular weight excluding hydrogens is 345 g/mol. The number of halogens is 2. The molecule has 124 valence electrons. The summed E-state index contributed by atoms with van der Waals surface area (Å²) in [7, 11) is -1.04. The first-order valence-corrected chi connectivity index (χ1v) is 8.39. The maximum Gasteiger partial charge on any atom is 0.244 e. The van der Waals surface area contributed by atoms with Crippen LogP contribution in [0.4, 0.5) is 4.39 Å². The van der Waals surface area contributed by atoms with E-state index in [-0.39, 0.29) is 22.2 Å². The molecule has 0 aliphatic carbocycles. The lowest BCUT2D eigenvalue weighted by atomic mass is 10.2. The monoisotopic (exact) mass is 359 g/mol. The lowest BCUT2D eigenvalue weighted by Gasteiger charge is -2.12. The van der Waals surface area contributed by atoms with Crippen LogP contribution in [0.3, 0.4) is 0 Å². The van der Waals surface area contributed by atoms with Crippen molar-refractivity contribution in [1.82, 2.24) is 4.72 Å². The summed E-state index contributed by atoms with van der Waals surface area (Å²) in [5, 5.41) is -0.0688. The number of sulfonamides is 1. The van der Waals surface area contributed by atoms with E-state index in [0.717, 1.165) is 0 Å². The minimum absolute atomic E-state index is 0.0390. The molecule has 0 spiro atoms. The highest BCUT2D eigenvalue weighted by Crippen LogP contribution is 2.28. The summed E-state index contributed by atoms with van der Waals surface area (Å²) in [4.78, 5) is -0.0486. The fourth-order valence-electron chi connectivity index (χ4n) is 1.90. The van der Waals surface area contributed by atoms with Crippen molar-refractivity contribution in [2.75, 3.05) is 14.2 Å². The molecule has 0 radical (unpaired) electrons. The van der Waals surface area contributed by atoms with Crippen LogP contribution in [-0.4, -0.2) is 22.6 Å². The predicted molar refractivity (Wildman–Crippen MR) is 85.0 cm³/mol. The molecule has 0 saturated carbocycles. The molecule has 5 nitrogen and oxygen atoms in total. The summed E-state index contributed by atoms with van der Waals surface area (Å²) in [6.45, 7) is -0.0390. The van der Waals surface area contributed by atoms with Gasteiger partial charge in [-0.2, -0.15) is 0 Å². The molecule has 0 amide bonds. The zero-order chi connectivity index (χ0) is 17.0. The van der Waals surface area contributed by atoms with Crippen molar-refractivity contribution < 1.29 is 22.3 Å². The Bertz CT molecular complexity index is 811. The Labute approximate surface area is 139 Å². The summed E-state index contributed by atoms with van der Waals surface area (Å²) < 4.78 is 50.5. The van der Waals surface area contributed by atoms with Gasteiger partial charge in [0.15, 0.2) is 0 Å². The highest BCUT2D eigenvalue weighted by atomic mass is 35.5. The molecule has 2 rings (SSSR count). The van der Waals surface area contributed by atoms with E-state index < -0.39 is 15.8 Å². The van der Waals surface area contributed by atoms with Crippen molar-refractivity contribution in [3.63, 3.8) is 0 Å². The molecule has 0 aromatic heterocycles. The lowest BCUT2D eigenvalue weighted by molar-refractivity contribution is 0.392. The highest BCUT2D eigenvalue weighted by molar-refractivity contribution is 7.89.